The first-order chi connectivity index (χ1) is 13.2. The van der Waals surface area contributed by atoms with Crippen LogP contribution in [-0.2, 0) is 19.0 Å². The topological polar surface area (TPSA) is 68.3 Å². The zero-order valence-corrected chi connectivity index (χ0v) is 17.4. The van der Waals surface area contributed by atoms with E-state index in [1.807, 2.05) is 6.08 Å². The van der Waals surface area contributed by atoms with Crippen LogP contribution in [0.4, 0.5) is 0 Å². The summed E-state index contributed by atoms with van der Waals surface area (Å²) in [6.07, 6.45) is 4.81. The van der Waals surface area contributed by atoms with Crippen LogP contribution in [0.15, 0.2) is 23.8 Å². The van der Waals surface area contributed by atoms with Gasteiger partial charge in [-0.3, -0.25) is 0 Å². The van der Waals surface area contributed by atoms with E-state index in [4.69, 9.17) is 14.2 Å². The summed E-state index contributed by atoms with van der Waals surface area (Å²) in [6.45, 7) is 13.5. The van der Waals surface area contributed by atoms with Crippen LogP contribution in [0, 0.1) is 23.2 Å². The molecule has 154 valence electrons. The number of rotatable bonds is 3. The minimum Gasteiger partial charge on any atom is -0.458 e. The second-order valence-electron chi connectivity index (χ2n) is 10.2. The monoisotopic (exact) mass is 388 g/mol. The summed E-state index contributed by atoms with van der Waals surface area (Å²) < 4.78 is 18.5. The normalized spacial score (nSPS) is 51.8. The summed E-state index contributed by atoms with van der Waals surface area (Å²) in [5, 5.41) is 12.1. The third-order valence-corrected chi connectivity index (χ3v) is 9.06. The van der Waals surface area contributed by atoms with Gasteiger partial charge in [-0.25, -0.2) is 4.79 Å². The van der Waals surface area contributed by atoms with E-state index in [9.17, 15) is 9.90 Å². The number of carbonyl (C=O) groups excluding carboxylic acids is 1. The van der Waals surface area contributed by atoms with Gasteiger partial charge in [0.1, 0.15) is 23.4 Å². The van der Waals surface area contributed by atoms with Gasteiger partial charge in [-0.1, -0.05) is 26.8 Å². The van der Waals surface area contributed by atoms with Gasteiger partial charge < -0.3 is 19.3 Å². The Kier molecular flexibility index (Phi) is 3.70. The molecule has 1 N–H and O–H groups in total. The number of ether oxygens (including phenoxy) is 3. The van der Waals surface area contributed by atoms with Gasteiger partial charge in [-0.2, -0.15) is 0 Å². The molecule has 28 heavy (non-hydrogen) atoms. The Morgan fingerprint density at radius 2 is 2.11 bits per heavy atom. The summed E-state index contributed by atoms with van der Waals surface area (Å²) in [4.78, 5) is 12.1. The van der Waals surface area contributed by atoms with Crippen LogP contribution in [0.1, 0.15) is 53.4 Å². The Labute approximate surface area is 167 Å². The fourth-order valence-corrected chi connectivity index (χ4v) is 7.54. The van der Waals surface area contributed by atoms with E-state index in [-0.39, 0.29) is 29.3 Å². The van der Waals surface area contributed by atoms with Crippen molar-refractivity contribution in [2.24, 2.45) is 23.2 Å². The highest BCUT2D eigenvalue weighted by Crippen LogP contribution is 2.74. The quantitative estimate of drug-likeness (QED) is 0.457. The number of hydrogen-bond donors (Lipinski definition) is 1. The molecule has 1 spiro atoms. The molecule has 3 aliphatic heterocycles. The van der Waals surface area contributed by atoms with Gasteiger partial charge >= 0.3 is 5.97 Å². The molecule has 3 fully saturated rings. The number of fused-ring (bicyclic) bond motifs is 2. The molecule has 0 bridgehead atoms. The van der Waals surface area contributed by atoms with Gasteiger partial charge in [0, 0.05) is 16.9 Å². The van der Waals surface area contributed by atoms with Gasteiger partial charge in [0.15, 0.2) is 0 Å². The summed E-state index contributed by atoms with van der Waals surface area (Å²) in [5.41, 5.74) is -0.604. The van der Waals surface area contributed by atoms with E-state index in [1.54, 1.807) is 0 Å². The van der Waals surface area contributed by atoms with Crippen molar-refractivity contribution >= 4 is 5.97 Å². The van der Waals surface area contributed by atoms with Crippen LogP contribution in [0.3, 0.4) is 0 Å². The molecule has 0 radical (unpaired) electrons. The summed E-state index contributed by atoms with van der Waals surface area (Å²) in [6, 6.07) is 0. The number of epoxide rings is 1. The average molecular weight is 389 g/mol. The lowest BCUT2D eigenvalue weighted by Gasteiger charge is -2.64. The van der Waals surface area contributed by atoms with Crippen LogP contribution in [0.25, 0.3) is 0 Å². The van der Waals surface area contributed by atoms with Crippen molar-refractivity contribution < 1.29 is 24.1 Å². The maximum absolute atomic E-state index is 12.1. The highest BCUT2D eigenvalue weighted by molar-refractivity contribution is 5.92. The third kappa shape index (κ3) is 1.83. The molecule has 5 heteroatoms. The molecule has 0 aromatic rings. The minimum atomic E-state index is -1.03. The van der Waals surface area contributed by atoms with Crippen LogP contribution < -0.4 is 0 Å². The van der Waals surface area contributed by atoms with Crippen LogP contribution in [0.2, 0.25) is 0 Å². The number of cyclic esters (lactones) is 1. The van der Waals surface area contributed by atoms with E-state index in [0.717, 1.165) is 30.4 Å². The van der Waals surface area contributed by atoms with Crippen molar-refractivity contribution in [3.8, 4) is 0 Å². The molecule has 2 saturated heterocycles. The molecule has 0 amide bonds. The molecule has 1 saturated carbocycles. The van der Waals surface area contributed by atoms with Crippen molar-refractivity contribution in [1.82, 2.24) is 0 Å². The minimum absolute atomic E-state index is 0.0861. The fraction of sp³-hybridized carbons (Fsp3) is 0.783. The smallest absolute Gasteiger partial charge is 0.334 e. The highest BCUT2D eigenvalue weighted by atomic mass is 16.7. The molecular weight excluding hydrogens is 356 g/mol. The van der Waals surface area contributed by atoms with Gasteiger partial charge in [0.2, 0.25) is 0 Å². The number of aliphatic hydroxyl groups is 1. The maximum Gasteiger partial charge on any atom is 0.334 e. The highest BCUT2D eigenvalue weighted by Gasteiger charge is 2.86. The van der Waals surface area contributed by atoms with E-state index in [1.165, 1.54) is 0 Å². The molecular formula is C23H32O5. The first kappa shape index (κ1) is 18.8. The van der Waals surface area contributed by atoms with Crippen molar-refractivity contribution in [3.05, 3.63) is 23.8 Å². The second kappa shape index (κ2) is 5.50. The van der Waals surface area contributed by atoms with Crippen molar-refractivity contribution in [3.63, 3.8) is 0 Å². The van der Waals surface area contributed by atoms with Crippen LogP contribution in [-0.4, -0.2) is 47.2 Å². The second-order valence-corrected chi connectivity index (χ2v) is 10.2. The number of esters is 1. The largest absolute Gasteiger partial charge is 0.458 e. The average Bonchev–Trinajstić information content (AvgIpc) is 3.27. The van der Waals surface area contributed by atoms with Crippen molar-refractivity contribution in [2.75, 3.05) is 13.2 Å². The molecule has 5 aliphatic rings. The maximum atomic E-state index is 12.1. The van der Waals surface area contributed by atoms with E-state index >= 15 is 0 Å². The molecule has 0 aromatic heterocycles. The third-order valence-electron chi connectivity index (χ3n) is 9.06. The lowest BCUT2D eigenvalue weighted by atomic mass is 9.45. The molecule has 3 heterocycles. The van der Waals surface area contributed by atoms with Gasteiger partial charge in [0.25, 0.3) is 0 Å². The SMILES string of the molecule is C=CCC1(O)C(C(C)C)C[C@@H]2O[C@@]23[C@@]2(C)CCC4=C(COC4=O)C2CO[C@]13C. The fourth-order valence-electron chi connectivity index (χ4n) is 7.54. The lowest BCUT2D eigenvalue weighted by molar-refractivity contribution is -0.296. The Morgan fingerprint density at radius 3 is 2.79 bits per heavy atom. The predicted octanol–water partition coefficient (Wildman–Crippen LogP) is 3.17. The predicted molar refractivity (Wildman–Crippen MR) is 103 cm³/mol. The van der Waals surface area contributed by atoms with E-state index in [2.05, 4.69) is 34.3 Å². The molecule has 3 unspecified atom stereocenters. The Morgan fingerprint density at radius 1 is 1.36 bits per heavy atom. The zero-order chi connectivity index (χ0) is 20.1. The Hall–Kier alpha value is -1.17. The standard InChI is InChI=1S/C23H32O5/c1-6-8-22(25)16(13(2)3)10-18-23(28-18)20(4)9-7-14-15(11-26-19(14)24)17(20)12-27-21(22,23)5/h6,13,16-18,25H,1,7-12H2,2-5H3/t16?,17?,18-,20-,21+,22?,23+/m0/s1. The lowest BCUT2D eigenvalue weighted by Crippen LogP contribution is -2.77. The zero-order valence-electron chi connectivity index (χ0n) is 17.4. The van der Waals surface area contributed by atoms with E-state index < -0.39 is 16.8 Å². The van der Waals surface area contributed by atoms with Gasteiger partial charge in [0.05, 0.1) is 12.7 Å². The van der Waals surface area contributed by atoms with Gasteiger partial charge in [-0.05, 0) is 50.0 Å². The molecule has 0 aromatic carbocycles. The molecule has 5 rings (SSSR count). The molecule has 2 aliphatic carbocycles. The number of hydrogen-bond acceptors (Lipinski definition) is 5. The van der Waals surface area contributed by atoms with Crippen LogP contribution >= 0.6 is 0 Å². The molecule has 7 atom stereocenters. The van der Waals surface area contributed by atoms with Crippen molar-refractivity contribution in [2.45, 2.75) is 76.3 Å². The Bertz CT molecular complexity index is 786. The first-order valence-corrected chi connectivity index (χ1v) is 10.7. The Balaban J connectivity index is 1.63. The first-order valence-electron chi connectivity index (χ1n) is 10.7. The summed E-state index contributed by atoms with van der Waals surface area (Å²) in [7, 11) is 0. The van der Waals surface area contributed by atoms with Gasteiger partial charge in [-0.15, -0.1) is 6.58 Å². The van der Waals surface area contributed by atoms with E-state index in [0.29, 0.717) is 25.6 Å². The molecule has 5 nitrogen and oxygen atoms in total. The van der Waals surface area contributed by atoms with Crippen LogP contribution in [0.5, 0.6) is 0 Å². The summed E-state index contributed by atoms with van der Waals surface area (Å²) in [5.74, 6) is 0.345. The van der Waals surface area contributed by atoms with Crippen molar-refractivity contribution in [1.29, 1.82) is 0 Å². The number of carbonyl (C=O) groups is 1. The summed E-state index contributed by atoms with van der Waals surface area (Å²) >= 11 is 0.